The molecule has 0 heterocycles. The molecule has 0 aliphatic carbocycles. The lowest BCUT2D eigenvalue weighted by Gasteiger charge is -2.14. The van der Waals surface area contributed by atoms with Gasteiger partial charge in [-0.15, -0.1) is 0 Å². The van der Waals surface area contributed by atoms with Gasteiger partial charge in [0.15, 0.2) is 0 Å². The summed E-state index contributed by atoms with van der Waals surface area (Å²) in [5.74, 6) is 0. The Morgan fingerprint density at radius 3 is 2.71 bits per heavy atom. The fraction of sp³-hybridized carbons (Fsp3) is 0.125. The van der Waals surface area contributed by atoms with Gasteiger partial charge in [-0.3, -0.25) is 0 Å². The number of hydrogen-bond donors (Lipinski definition) is 0. The highest BCUT2D eigenvalue weighted by Crippen LogP contribution is 2.26. The maximum Gasteiger partial charge on any atom is 0.121 e. The van der Waals surface area contributed by atoms with Gasteiger partial charge in [-0.05, 0) is 29.3 Å². The van der Waals surface area contributed by atoms with Gasteiger partial charge in [0, 0.05) is 0 Å². The molecular formula is C16H16O. The second kappa shape index (κ2) is 5.35. The predicted molar refractivity (Wildman–Crippen MR) is 72.8 cm³/mol. The molecule has 0 bridgehead atoms. The van der Waals surface area contributed by atoms with Crippen molar-refractivity contribution in [2.75, 3.05) is 0 Å². The van der Waals surface area contributed by atoms with E-state index in [0.717, 1.165) is 0 Å². The molecule has 0 saturated heterocycles. The Labute approximate surface area is 102 Å². The monoisotopic (exact) mass is 224 g/mol. The molecule has 2 aromatic rings. The van der Waals surface area contributed by atoms with E-state index in [-0.39, 0.29) is 6.10 Å². The molecule has 2 aromatic carbocycles. The van der Waals surface area contributed by atoms with E-state index in [0.29, 0.717) is 0 Å². The second-order valence-corrected chi connectivity index (χ2v) is 3.91. The van der Waals surface area contributed by atoms with Crippen LogP contribution in [0, 0.1) is 0 Å². The van der Waals surface area contributed by atoms with Gasteiger partial charge in [-0.2, -0.15) is 0 Å². The Morgan fingerprint density at radius 1 is 1.12 bits per heavy atom. The van der Waals surface area contributed by atoms with E-state index in [4.69, 9.17) is 4.74 Å². The molecule has 17 heavy (non-hydrogen) atoms. The van der Waals surface area contributed by atoms with Gasteiger partial charge in [-0.1, -0.05) is 55.1 Å². The van der Waals surface area contributed by atoms with Crippen LogP contribution >= 0.6 is 0 Å². The van der Waals surface area contributed by atoms with Gasteiger partial charge in [0.1, 0.15) is 6.10 Å². The molecule has 1 atom stereocenters. The zero-order valence-electron chi connectivity index (χ0n) is 9.97. The second-order valence-electron chi connectivity index (χ2n) is 3.91. The summed E-state index contributed by atoms with van der Waals surface area (Å²) in [6.07, 6.45) is 5.22. The largest absolute Gasteiger partial charge is 0.494 e. The molecule has 0 spiro atoms. The Kier molecular flexibility index (Phi) is 3.61. The number of ether oxygens (including phenoxy) is 1. The quantitative estimate of drug-likeness (QED) is 0.544. The Hall–Kier alpha value is -2.02. The van der Waals surface area contributed by atoms with E-state index in [1.54, 1.807) is 18.4 Å². The van der Waals surface area contributed by atoms with Crippen molar-refractivity contribution in [2.24, 2.45) is 0 Å². The zero-order valence-corrected chi connectivity index (χ0v) is 9.97. The minimum Gasteiger partial charge on any atom is -0.494 e. The lowest BCUT2D eigenvalue weighted by molar-refractivity contribution is 0.165. The van der Waals surface area contributed by atoms with E-state index in [2.05, 4.69) is 56.0 Å². The van der Waals surface area contributed by atoms with Crippen LogP contribution in [-0.2, 0) is 4.74 Å². The molecule has 0 aliphatic heterocycles. The molecule has 86 valence electrons. The number of rotatable bonds is 4. The molecule has 1 heteroatoms. The zero-order chi connectivity index (χ0) is 12.1. The summed E-state index contributed by atoms with van der Waals surface area (Å²) >= 11 is 0. The predicted octanol–water partition coefficient (Wildman–Crippen LogP) is 4.62. The van der Waals surface area contributed by atoms with Crippen LogP contribution in [0.25, 0.3) is 10.8 Å². The third-order valence-electron chi connectivity index (χ3n) is 2.76. The smallest absolute Gasteiger partial charge is 0.121 e. The Bertz CT molecular complexity index is 535. The third kappa shape index (κ3) is 2.56. The highest BCUT2D eigenvalue weighted by Gasteiger charge is 2.08. The van der Waals surface area contributed by atoms with Crippen molar-refractivity contribution in [3.05, 3.63) is 73.0 Å². The van der Waals surface area contributed by atoms with Crippen molar-refractivity contribution in [1.29, 1.82) is 0 Å². The van der Waals surface area contributed by atoms with E-state index in [1.165, 1.54) is 16.3 Å². The summed E-state index contributed by atoms with van der Waals surface area (Å²) < 4.78 is 5.62. The van der Waals surface area contributed by atoms with Crippen LogP contribution in [0.2, 0.25) is 0 Å². The first-order valence-electron chi connectivity index (χ1n) is 5.73. The molecule has 0 N–H and O–H groups in total. The molecular weight excluding hydrogens is 208 g/mol. The van der Waals surface area contributed by atoms with Gasteiger partial charge in [0.05, 0.1) is 6.26 Å². The lowest BCUT2D eigenvalue weighted by Crippen LogP contribution is -1.96. The maximum atomic E-state index is 5.62. The number of hydrogen-bond acceptors (Lipinski definition) is 1. The van der Waals surface area contributed by atoms with Crippen molar-refractivity contribution >= 4 is 10.8 Å². The number of fused-ring (bicyclic) bond motifs is 1. The standard InChI is InChI=1S/C16H16O/c1-3-4-12-17-13(2)15-11-7-9-14-8-5-6-10-16(14)15/h3-13H,1H2,2H3. The van der Waals surface area contributed by atoms with Crippen molar-refractivity contribution in [3.63, 3.8) is 0 Å². The molecule has 0 radical (unpaired) electrons. The van der Waals surface area contributed by atoms with Gasteiger partial charge < -0.3 is 4.74 Å². The van der Waals surface area contributed by atoms with Crippen molar-refractivity contribution < 1.29 is 4.74 Å². The molecule has 1 nitrogen and oxygen atoms in total. The average molecular weight is 224 g/mol. The van der Waals surface area contributed by atoms with Crippen LogP contribution in [-0.4, -0.2) is 0 Å². The Morgan fingerprint density at radius 2 is 1.88 bits per heavy atom. The number of benzene rings is 2. The summed E-state index contributed by atoms with van der Waals surface area (Å²) in [5, 5.41) is 2.49. The van der Waals surface area contributed by atoms with Gasteiger partial charge in [-0.25, -0.2) is 0 Å². The van der Waals surface area contributed by atoms with Crippen molar-refractivity contribution in [3.8, 4) is 0 Å². The van der Waals surface area contributed by atoms with Crippen LogP contribution in [0.5, 0.6) is 0 Å². The van der Waals surface area contributed by atoms with Crippen molar-refractivity contribution in [1.82, 2.24) is 0 Å². The van der Waals surface area contributed by atoms with Crippen molar-refractivity contribution in [2.45, 2.75) is 13.0 Å². The molecule has 2 rings (SSSR count). The normalized spacial score (nSPS) is 12.8. The van der Waals surface area contributed by atoms with Gasteiger partial charge >= 0.3 is 0 Å². The molecule has 0 aliphatic rings. The van der Waals surface area contributed by atoms with E-state index in [9.17, 15) is 0 Å². The summed E-state index contributed by atoms with van der Waals surface area (Å²) in [7, 11) is 0. The minimum absolute atomic E-state index is 0.0392. The first kappa shape index (κ1) is 11.5. The van der Waals surface area contributed by atoms with Crippen LogP contribution in [0.3, 0.4) is 0 Å². The van der Waals surface area contributed by atoms with E-state index in [1.807, 2.05) is 0 Å². The summed E-state index contributed by atoms with van der Waals surface area (Å²) in [5.41, 5.74) is 1.21. The van der Waals surface area contributed by atoms with Crippen LogP contribution in [0.15, 0.2) is 67.5 Å². The van der Waals surface area contributed by atoms with Gasteiger partial charge in [0.25, 0.3) is 0 Å². The van der Waals surface area contributed by atoms with Crippen LogP contribution in [0.4, 0.5) is 0 Å². The van der Waals surface area contributed by atoms with E-state index >= 15 is 0 Å². The molecule has 1 unspecified atom stereocenters. The maximum absolute atomic E-state index is 5.62. The first-order valence-corrected chi connectivity index (χ1v) is 5.73. The SMILES string of the molecule is C=CC=COC(C)c1cccc2ccccc12. The summed E-state index contributed by atoms with van der Waals surface area (Å²) in [6.45, 7) is 5.66. The lowest BCUT2D eigenvalue weighted by atomic mass is 10.0. The number of allylic oxidation sites excluding steroid dienone is 2. The van der Waals surface area contributed by atoms with Crippen LogP contribution < -0.4 is 0 Å². The molecule has 0 aromatic heterocycles. The summed E-state index contributed by atoms with van der Waals surface area (Å²) in [4.78, 5) is 0. The highest BCUT2D eigenvalue weighted by molar-refractivity contribution is 5.85. The highest BCUT2D eigenvalue weighted by atomic mass is 16.5. The fourth-order valence-corrected chi connectivity index (χ4v) is 1.90. The minimum atomic E-state index is 0.0392. The van der Waals surface area contributed by atoms with E-state index < -0.39 is 0 Å². The van der Waals surface area contributed by atoms with Crippen LogP contribution in [0.1, 0.15) is 18.6 Å². The summed E-state index contributed by atoms with van der Waals surface area (Å²) in [6, 6.07) is 14.6. The average Bonchev–Trinajstić information content (AvgIpc) is 2.38. The third-order valence-corrected chi connectivity index (χ3v) is 2.76. The fourth-order valence-electron chi connectivity index (χ4n) is 1.90. The molecule has 0 fully saturated rings. The molecule has 0 amide bonds. The topological polar surface area (TPSA) is 9.23 Å². The first-order chi connectivity index (χ1) is 8.33. The van der Waals surface area contributed by atoms with Gasteiger partial charge in [0.2, 0.25) is 0 Å². The molecule has 0 saturated carbocycles. The Balaban J connectivity index is 2.34.